The minimum atomic E-state index is -0.102. The van der Waals surface area contributed by atoms with E-state index in [1.165, 1.54) is 0 Å². The molecule has 1 aromatic heterocycles. The van der Waals surface area contributed by atoms with Crippen LogP contribution in [0.1, 0.15) is 16.8 Å². The van der Waals surface area contributed by atoms with Crippen LogP contribution in [0.5, 0.6) is 11.5 Å². The number of aromatic amines is 1. The lowest BCUT2D eigenvalue weighted by Gasteiger charge is -2.26. The minimum absolute atomic E-state index is 0.0188. The van der Waals surface area contributed by atoms with Crippen molar-refractivity contribution in [1.29, 1.82) is 0 Å². The van der Waals surface area contributed by atoms with Gasteiger partial charge in [-0.05, 0) is 29.8 Å². The van der Waals surface area contributed by atoms with E-state index in [4.69, 9.17) is 9.47 Å². The highest BCUT2D eigenvalue weighted by molar-refractivity contribution is 5.79. The Morgan fingerprint density at radius 3 is 2.55 bits per heavy atom. The molecule has 0 fully saturated rings. The van der Waals surface area contributed by atoms with Gasteiger partial charge in [-0.3, -0.25) is 14.7 Å². The number of carbonyl (C=O) groups excluding carboxylic acids is 1. The van der Waals surface area contributed by atoms with Crippen molar-refractivity contribution < 1.29 is 14.3 Å². The first kappa shape index (κ1) is 18.9. The molecule has 1 aliphatic heterocycles. The highest BCUT2D eigenvalue weighted by Crippen LogP contribution is 2.28. The van der Waals surface area contributed by atoms with Crippen LogP contribution in [0, 0.1) is 0 Å². The zero-order chi connectivity index (χ0) is 20.4. The molecule has 2 aromatic carbocycles. The van der Waals surface area contributed by atoms with Crippen LogP contribution in [0.25, 0.3) is 5.69 Å². The summed E-state index contributed by atoms with van der Waals surface area (Å²) >= 11 is 0. The Morgan fingerprint density at radius 1 is 1.07 bits per heavy atom. The van der Waals surface area contributed by atoms with Crippen molar-refractivity contribution in [1.82, 2.24) is 14.7 Å². The summed E-state index contributed by atoms with van der Waals surface area (Å²) in [6.45, 7) is 0.893. The first-order valence-corrected chi connectivity index (χ1v) is 9.47. The van der Waals surface area contributed by atoms with Gasteiger partial charge in [0.25, 0.3) is 5.56 Å². The normalized spacial score (nSPS) is 13.1. The van der Waals surface area contributed by atoms with Crippen LogP contribution in [0.2, 0.25) is 0 Å². The lowest BCUT2D eigenvalue weighted by Crippen LogP contribution is -2.38. The van der Waals surface area contributed by atoms with Crippen LogP contribution in [-0.2, 0) is 24.2 Å². The highest BCUT2D eigenvalue weighted by atomic mass is 16.5. The van der Waals surface area contributed by atoms with E-state index in [2.05, 4.69) is 5.10 Å². The Labute approximate surface area is 168 Å². The topological polar surface area (TPSA) is 76.6 Å². The van der Waals surface area contributed by atoms with Gasteiger partial charge in [0, 0.05) is 18.7 Å². The number of hydrogen-bond donors (Lipinski definition) is 1. The maximum Gasteiger partial charge on any atom is 0.276 e. The zero-order valence-electron chi connectivity index (χ0n) is 16.5. The number of aromatic nitrogens is 2. The van der Waals surface area contributed by atoms with Crippen LogP contribution in [0.3, 0.4) is 0 Å². The summed E-state index contributed by atoms with van der Waals surface area (Å²) in [6.07, 6.45) is 0.870. The van der Waals surface area contributed by atoms with Crippen molar-refractivity contribution >= 4 is 5.91 Å². The second-order valence-electron chi connectivity index (χ2n) is 6.98. The molecule has 0 atom stereocenters. The predicted molar refractivity (Wildman–Crippen MR) is 109 cm³/mol. The third-order valence-electron chi connectivity index (χ3n) is 5.22. The van der Waals surface area contributed by atoms with Crippen molar-refractivity contribution in [2.45, 2.75) is 19.4 Å². The summed E-state index contributed by atoms with van der Waals surface area (Å²) in [4.78, 5) is 27.5. The molecular formula is C22H23N3O4. The quantitative estimate of drug-likeness (QED) is 0.722. The molecular weight excluding hydrogens is 370 g/mol. The van der Waals surface area contributed by atoms with Gasteiger partial charge in [-0.15, -0.1) is 0 Å². The minimum Gasteiger partial charge on any atom is -0.493 e. The summed E-state index contributed by atoms with van der Waals surface area (Å²) in [6, 6.07) is 14.9. The van der Waals surface area contributed by atoms with Crippen LogP contribution in [0.4, 0.5) is 0 Å². The Morgan fingerprint density at radius 2 is 1.83 bits per heavy atom. The van der Waals surface area contributed by atoms with E-state index in [1.54, 1.807) is 29.9 Å². The van der Waals surface area contributed by atoms with Gasteiger partial charge < -0.3 is 14.4 Å². The van der Waals surface area contributed by atoms with E-state index in [0.717, 1.165) is 16.9 Å². The molecule has 7 nitrogen and oxygen atoms in total. The maximum absolute atomic E-state index is 12.9. The number of amides is 1. The first-order valence-electron chi connectivity index (χ1n) is 9.47. The van der Waals surface area contributed by atoms with E-state index in [9.17, 15) is 9.59 Å². The van der Waals surface area contributed by atoms with Crippen LogP contribution >= 0.6 is 0 Å². The Balaban J connectivity index is 1.52. The Kier molecular flexibility index (Phi) is 5.12. The number of ether oxygens (including phenoxy) is 2. The largest absolute Gasteiger partial charge is 0.493 e. The van der Waals surface area contributed by atoms with Crippen molar-refractivity contribution in [3.05, 3.63) is 75.7 Å². The van der Waals surface area contributed by atoms with Gasteiger partial charge in [0.2, 0.25) is 5.91 Å². The lowest BCUT2D eigenvalue weighted by atomic mass is 10.1. The third-order valence-corrected chi connectivity index (χ3v) is 5.22. The highest BCUT2D eigenvalue weighted by Gasteiger charge is 2.26. The molecule has 0 unspecified atom stereocenters. The van der Waals surface area contributed by atoms with Crippen LogP contribution in [-0.4, -0.2) is 41.4 Å². The maximum atomic E-state index is 12.9. The molecule has 7 heteroatoms. The number of hydrogen-bond acceptors (Lipinski definition) is 4. The molecule has 150 valence electrons. The molecule has 0 saturated carbocycles. The fourth-order valence-corrected chi connectivity index (χ4v) is 3.65. The van der Waals surface area contributed by atoms with E-state index in [0.29, 0.717) is 36.6 Å². The third kappa shape index (κ3) is 3.63. The monoisotopic (exact) mass is 393 g/mol. The summed E-state index contributed by atoms with van der Waals surface area (Å²) in [5.41, 5.74) is 3.08. The van der Waals surface area contributed by atoms with Crippen molar-refractivity contribution in [3.63, 3.8) is 0 Å². The number of H-pyrrole nitrogens is 1. The van der Waals surface area contributed by atoms with E-state index in [1.807, 2.05) is 42.5 Å². The van der Waals surface area contributed by atoms with Gasteiger partial charge in [-0.2, -0.15) is 0 Å². The number of nitrogens with one attached hydrogen (secondary N) is 1. The predicted octanol–water partition coefficient (Wildman–Crippen LogP) is 2.31. The number of benzene rings is 2. The summed E-state index contributed by atoms with van der Waals surface area (Å²) < 4.78 is 12.1. The molecule has 29 heavy (non-hydrogen) atoms. The van der Waals surface area contributed by atoms with E-state index < -0.39 is 0 Å². The number of fused-ring (bicyclic) bond motifs is 1. The molecule has 3 aromatic rings. The van der Waals surface area contributed by atoms with Crippen LogP contribution in [0.15, 0.2) is 53.3 Å². The fourth-order valence-electron chi connectivity index (χ4n) is 3.65. The number of methoxy groups -OCH3 is 2. The molecule has 1 N–H and O–H groups in total. The first-order chi connectivity index (χ1) is 14.1. The van der Waals surface area contributed by atoms with Gasteiger partial charge in [0.1, 0.15) is 0 Å². The van der Waals surface area contributed by atoms with Gasteiger partial charge >= 0.3 is 0 Å². The average Bonchev–Trinajstić information content (AvgIpc) is 3.10. The number of rotatable bonds is 5. The van der Waals surface area contributed by atoms with Crippen molar-refractivity contribution in [3.8, 4) is 17.2 Å². The van der Waals surface area contributed by atoms with Gasteiger partial charge in [-0.1, -0.05) is 24.3 Å². The van der Waals surface area contributed by atoms with Crippen molar-refractivity contribution in [2.24, 2.45) is 0 Å². The average molecular weight is 393 g/mol. The summed E-state index contributed by atoms with van der Waals surface area (Å²) in [5, 5.41) is 3.19. The number of para-hydroxylation sites is 1. The van der Waals surface area contributed by atoms with Gasteiger partial charge in [-0.25, -0.2) is 4.68 Å². The molecule has 1 aliphatic rings. The Bertz CT molecular complexity index is 1090. The second kappa shape index (κ2) is 7.87. The molecule has 0 bridgehead atoms. The summed E-state index contributed by atoms with van der Waals surface area (Å²) in [5.74, 6) is 1.20. The second-order valence-corrected chi connectivity index (χ2v) is 6.98. The van der Waals surface area contributed by atoms with E-state index in [-0.39, 0.29) is 17.9 Å². The molecule has 0 spiro atoms. The smallest absolute Gasteiger partial charge is 0.276 e. The molecule has 1 amide bonds. The number of carbonyl (C=O) groups is 1. The lowest BCUT2D eigenvalue weighted by molar-refractivity contribution is -0.131. The van der Waals surface area contributed by atoms with Crippen molar-refractivity contribution in [2.75, 3.05) is 20.8 Å². The van der Waals surface area contributed by atoms with E-state index >= 15 is 0 Å². The molecule has 0 radical (unpaired) electrons. The fraction of sp³-hybridized carbons (Fsp3) is 0.273. The Hall–Kier alpha value is -3.48. The summed E-state index contributed by atoms with van der Waals surface area (Å²) in [7, 11) is 3.15. The molecule has 0 aliphatic carbocycles. The zero-order valence-corrected chi connectivity index (χ0v) is 16.5. The SMILES string of the molecule is COc1ccc(CC(=O)N2CCc3[nH]n(-c4ccccc4)c(=O)c3C2)cc1OC. The number of nitrogens with zero attached hydrogens (tertiary/aromatic N) is 2. The van der Waals surface area contributed by atoms with Crippen LogP contribution < -0.4 is 15.0 Å². The standard InChI is InChI=1S/C22H23N3O4/c1-28-19-9-8-15(12-20(19)29-2)13-21(26)24-11-10-18-17(14-24)22(27)25(23-18)16-6-4-3-5-7-16/h3-9,12,23H,10-11,13-14H2,1-2H3. The molecule has 2 heterocycles. The molecule has 0 saturated heterocycles. The molecule has 4 rings (SSSR count). The van der Waals surface area contributed by atoms with Gasteiger partial charge in [0.15, 0.2) is 11.5 Å². The van der Waals surface area contributed by atoms with Gasteiger partial charge in [0.05, 0.1) is 38.4 Å².